The minimum absolute atomic E-state index is 0.0301. The average molecular weight is 344 g/mol. The third-order valence-electron chi connectivity index (χ3n) is 3.92. The van der Waals surface area contributed by atoms with Crippen molar-refractivity contribution < 1.29 is 4.39 Å². The summed E-state index contributed by atoms with van der Waals surface area (Å²) < 4.78 is 15.0. The molecule has 2 aromatic rings. The molecule has 1 aromatic heterocycles. The van der Waals surface area contributed by atoms with Gasteiger partial charge in [-0.15, -0.1) is 0 Å². The highest BCUT2D eigenvalue weighted by Gasteiger charge is 2.01. The molecule has 0 unspecified atom stereocenters. The minimum Gasteiger partial charge on any atom is -0.356 e. The van der Waals surface area contributed by atoms with Crippen molar-refractivity contribution >= 4 is 5.96 Å². The number of rotatable bonds is 7. The fourth-order valence-corrected chi connectivity index (χ4v) is 2.48. The molecule has 0 aliphatic rings. The third kappa shape index (κ3) is 6.06. The van der Waals surface area contributed by atoms with Gasteiger partial charge in [-0.05, 0) is 43.0 Å². The molecule has 0 spiro atoms. The smallest absolute Gasteiger partial charge is 0.250 e. The topological polar surface area (TPSA) is 58.4 Å². The molecular formula is C19H25FN4O. The van der Waals surface area contributed by atoms with Gasteiger partial charge in [0.05, 0.1) is 0 Å². The summed E-state index contributed by atoms with van der Waals surface area (Å²) in [6.07, 6.45) is 3.64. The summed E-state index contributed by atoms with van der Waals surface area (Å²) in [5.41, 5.74) is 1.67. The van der Waals surface area contributed by atoms with E-state index in [9.17, 15) is 9.18 Å². The highest BCUT2D eigenvalue weighted by molar-refractivity contribution is 5.79. The Balaban J connectivity index is 1.69. The predicted octanol–water partition coefficient (Wildman–Crippen LogP) is 2.44. The standard InChI is InChI=1S/C19H25FN4O/c1-15-13-16(8-9-17(15)20)14-23-19(21-2)22-10-4-6-12-24-11-5-3-7-18(24)25/h3,5,7-9,11,13H,4,6,10,12,14H2,1-2H3,(H2,21,22,23). The molecule has 0 aliphatic carbocycles. The molecule has 0 aliphatic heterocycles. The van der Waals surface area contributed by atoms with Crippen LogP contribution in [-0.4, -0.2) is 24.1 Å². The monoisotopic (exact) mass is 344 g/mol. The van der Waals surface area contributed by atoms with E-state index in [2.05, 4.69) is 15.6 Å². The second kappa shape index (κ2) is 9.61. The van der Waals surface area contributed by atoms with E-state index in [1.54, 1.807) is 42.9 Å². The molecule has 0 fully saturated rings. The second-order valence-electron chi connectivity index (χ2n) is 5.88. The van der Waals surface area contributed by atoms with Crippen molar-refractivity contribution in [1.82, 2.24) is 15.2 Å². The molecular weight excluding hydrogens is 319 g/mol. The van der Waals surface area contributed by atoms with Crippen molar-refractivity contribution in [2.75, 3.05) is 13.6 Å². The Morgan fingerprint density at radius 1 is 1.20 bits per heavy atom. The molecule has 6 heteroatoms. The van der Waals surface area contributed by atoms with Gasteiger partial charge in [0, 0.05) is 38.9 Å². The number of aromatic nitrogens is 1. The largest absolute Gasteiger partial charge is 0.356 e. The maximum absolute atomic E-state index is 13.3. The second-order valence-corrected chi connectivity index (χ2v) is 5.88. The molecule has 25 heavy (non-hydrogen) atoms. The van der Waals surface area contributed by atoms with Gasteiger partial charge in [0.1, 0.15) is 5.82 Å². The van der Waals surface area contributed by atoms with Crippen LogP contribution in [0.25, 0.3) is 0 Å². The molecule has 0 atom stereocenters. The van der Waals surface area contributed by atoms with Crippen LogP contribution in [0.2, 0.25) is 0 Å². The number of benzene rings is 1. The highest BCUT2D eigenvalue weighted by atomic mass is 19.1. The highest BCUT2D eigenvalue weighted by Crippen LogP contribution is 2.08. The number of halogens is 1. The quantitative estimate of drug-likeness (QED) is 0.461. The first-order valence-electron chi connectivity index (χ1n) is 8.45. The average Bonchev–Trinajstić information content (AvgIpc) is 2.61. The van der Waals surface area contributed by atoms with Gasteiger partial charge in [0.15, 0.2) is 5.96 Å². The maximum atomic E-state index is 13.3. The third-order valence-corrected chi connectivity index (χ3v) is 3.92. The zero-order valence-corrected chi connectivity index (χ0v) is 14.8. The van der Waals surface area contributed by atoms with E-state index in [-0.39, 0.29) is 11.4 Å². The Labute approximate surface area is 147 Å². The van der Waals surface area contributed by atoms with Gasteiger partial charge < -0.3 is 15.2 Å². The number of nitrogens with zero attached hydrogens (tertiary/aromatic N) is 2. The number of nitrogens with one attached hydrogen (secondary N) is 2. The fourth-order valence-electron chi connectivity index (χ4n) is 2.48. The van der Waals surface area contributed by atoms with Crippen LogP contribution in [0.4, 0.5) is 4.39 Å². The van der Waals surface area contributed by atoms with Gasteiger partial charge in [0.2, 0.25) is 5.56 Å². The normalized spacial score (nSPS) is 11.4. The lowest BCUT2D eigenvalue weighted by molar-refractivity contribution is 0.585. The van der Waals surface area contributed by atoms with Crippen LogP contribution < -0.4 is 16.2 Å². The molecule has 1 aromatic carbocycles. The molecule has 0 radical (unpaired) electrons. The Morgan fingerprint density at radius 2 is 2.04 bits per heavy atom. The number of hydrogen-bond acceptors (Lipinski definition) is 2. The van der Waals surface area contributed by atoms with Crippen molar-refractivity contribution in [2.45, 2.75) is 32.9 Å². The van der Waals surface area contributed by atoms with Crippen LogP contribution in [0.1, 0.15) is 24.0 Å². The lowest BCUT2D eigenvalue weighted by atomic mass is 10.1. The SMILES string of the molecule is CN=C(NCCCCn1ccccc1=O)NCc1ccc(F)c(C)c1. The Hall–Kier alpha value is -2.63. The van der Waals surface area contributed by atoms with E-state index >= 15 is 0 Å². The summed E-state index contributed by atoms with van der Waals surface area (Å²) in [6.45, 7) is 3.82. The molecule has 0 bridgehead atoms. The summed E-state index contributed by atoms with van der Waals surface area (Å²) >= 11 is 0. The van der Waals surface area contributed by atoms with Crippen LogP contribution in [-0.2, 0) is 13.1 Å². The van der Waals surface area contributed by atoms with Gasteiger partial charge in [-0.2, -0.15) is 0 Å². The zero-order chi connectivity index (χ0) is 18.1. The summed E-state index contributed by atoms with van der Waals surface area (Å²) in [4.78, 5) is 15.8. The van der Waals surface area contributed by atoms with Crippen LogP contribution >= 0.6 is 0 Å². The van der Waals surface area contributed by atoms with E-state index in [0.29, 0.717) is 24.6 Å². The van der Waals surface area contributed by atoms with Gasteiger partial charge in [-0.3, -0.25) is 9.79 Å². The van der Waals surface area contributed by atoms with Crippen LogP contribution in [0.15, 0.2) is 52.4 Å². The Kier molecular flexibility index (Phi) is 7.19. The number of hydrogen-bond donors (Lipinski definition) is 2. The lowest BCUT2D eigenvalue weighted by Crippen LogP contribution is -2.37. The Bertz CT molecular complexity index is 770. The number of unbranched alkanes of at least 4 members (excludes halogenated alkanes) is 1. The first kappa shape index (κ1) is 18.7. The lowest BCUT2D eigenvalue weighted by Gasteiger charge is -2.12. The van der Waals surface area contributed by atoms with Crippen molar-refractivity contribution in [2.24, 2.45) is 4.99 Å². The number of aliphatic imine (C=N–C) groups is 1. The van der Waals surface area contributed by atoms with Gasteiger partial charge in [0.25, 0.3) is 0 Å². The minimum atomic E-state index is -0.191. The molecule has 5 nitrogen and oxygen atoms in total. The van der Waals surface area contributed by atoms with E-state index in [4.69, 9.17) is 0 Å². The fraction of sp³-hybridized carbons (Fsp3) is 0.368. The first-order valence-corrected chi connectivity index (χ1v) is 8.45. The van der Waals surface area contributed by atoms with E-state index < -0.39 is 0 Å². The zero-order valence-electron chi connectivity index (χ0n) is 14.8. The van der Waals surface area contributed by atoms with Gasteiger partial charge >= 0.3 is 0 Å². The van der Waals surface area contributed by atoms with E-state index in [0.717, 1.165) is 24.9 Å². The molecule has 0 saturated heterocycles. The van der Waals surface area contributed by atoms with Crippen molar-refractivity contribution in [3.8, 4) is 0 Å². The van der Waals surface area contributed by atoms with Gasteiger partial charge in [-0.1, -0.05) is 18.2 Å². The van der Waals surface area contributed by atoms with Crippen molar-refractivity contribution in [3.05, 3.63) is 69.9 Å². The molecule has 1 heterocycles. The van der Waals surface area contributed by atoms with Gasteiger partial charge in [-0.25, -0.2) is 4.39 Å². The summed E-state index contributed by atoms with van der Waals surface area (Å²) in [7, 11) is 1.72. The molecule has 2 N–H and O–H groups in total. The summed E-state index contributed by atoms with van der Waals surface area (Å²) in [6, 6.07) is 10.3. The first-order chi connectivity index (χ1) is 12.1. The number of guanidine groups is 1. The summed E-state index contributed by atoms with van der Waals surface area (Å²) in [5.74, 6) is 0.516. The van der Waals surface area contributed by atoms with Crippen LogP contribution in [0.5, 0.6) is 0 Å². The van der Waals surface area contributed by atoms with E-state index in [1.165, 1.54) is 6.07 Å². The summed E-state index contributed by atoms with van der Waals surface area (Å²) in [5, 5.41) is 6.46. The molecule has 134 valence electrons. The van der Waals surface area contributed by atoms with Crippen molar-refractivity contribution in [3.63, 3.8) is 0 Å². The molecule has 0 saturated carbocycles. The van der Waals surface area contributed by atoms with Crippen LogP contribution in [0, 0.1) is 12.7 Å². The molecule has 2 rings (SSSR count). The number of pyridine rings is 1. The van der Waals surface area contributed by atoms with Crippen molar-refractivity contribution in [1.29, 1.82) is 0 Å². The number of aryl methyl sites for hydroxylation is 2. The molecule has 0 amide bonds. The Morgan fingerprint density at radius 3 is 2.76 bits per heavy atom. The maximum Gasteiger partial charge on any atom is 0.250 e. The van der Waals surface area contributed by atoms with E-state index in [1.807, 2.05) is 12.1 Å². The van der Waals surface area contributed by atoms with Crippen LogP contribution in [0.3, 0.4) is 0 Å². The predicted molar refractivity (Wildman–Crippen MR) is 99.3 cm³/mol.